The van der Waals surface area contributed by atoms with E-state index in [0.717, 1.165) is 33.8 Å². The molecule has 0 aliphatic heterocycles. The van der Waals surface area contributed by atoms with E-state index in [2.05, 4.69) is 89.1 Å². The highest BCUT2D eigenvalue weighted by Crippen LogP contribution is 2.34. The van der Waals surface area contributed by atoms with Gasteiger partial charge >= 0.3 is 0 Å². The van der Waals surface area contributed by atoms with Crippen molar-refractivity contribution in [3.8, 4) is 17.1 Å². The van der Waals surface area contributed by atoms with Gasteiger partial charge in [0.2, 0.25) is 0 Å². The number of nitrogens with zero attached hydrogens (tertiary/aromatic N) is 3. The summed E-state index contributed by atoms with van der Waals surface area (Å²) in [6.07, 6.45) is 7.22. The zero-order valence-electron chi connectivity index (χ0n) is 13.3. The molecule has 0 N–H and O–H groups in total. The molecule has 0 amide bonds. The highest BCUT2D eigenvalue weighted by molar-refractivity contribution is 9.11. The van der Waals surface area contributed by atoms with Gasteiger partial charge in [-0.1, -0.05) is 80.4 Å². The van der Waals surface area contributed by atoms with Crippen LogP contribution in [0.4, 0.5) is 0 Å². The normalized spacial score (nSPS) is 16.7. The fourth-order valence-electron chi connectivity index (χ4n) is 3.00. The second-order valence-electron chi connectivity index (χ2n) is 5.87. The fraction of sp³-hybridized carbons (Fsp3) is 0.100. The monoisotopic (exact) mass is 455 g/mol. The Hall–Kier alpha value is -1.98. The van der Waals surface area contributed by atoms with Crippen LogP contribution in [0, 0.1) is 0 Å². The maximum absolute atomic E-state index is 4.56. The van der Waals surface area contributed by atoms with Gasteiger partial charge in [-0.3, -0.25) is 4.57 Å². The average Bonchev–Trinajstić information content (AvgIpc) is 3.07. The number of aromatic nitrogens is 3. The Balaban J connectivity index is 1.89. The first kappa shape index (κ1) is 16.5. The van der Waals surface area contributed by atoms with E-state index >= 15 is 0 Å². The molecule has 1 aliphatic carbocycles. The molecule has 1 unspecified atom stereocenters. The van der Waals surface area contributed by atoms with Gasteiger partial charge in [0, 0.05) is 21.6 Å². The van der Waals surface area contributed by atoms with E-state index < -0.39 is 0 Å². The molecule has 4 rings (SSSR count). The Morgan fingerprint density at radius 2 is 1.80 bits per heavy atom. The van der Waals surface area contributed by atoms with Crippen LogP contribution in [0.15, 0.2) is 81.8 Å². The number of benzene rings is 2. The summed E-state index contributed by atoms with van der Waals surface area (Å²) in [5.74, 6) is 1.98. The van der Waals surface area contributed by atoms with E-state index in [-0.39, 0.29) is 5.92 Å². The van der Waals surface area contributed by atoms with E-state index in [1.165, 1.54) is 4.48 Å². The Morgan fingerprint density at radius 3 is 2.56 bits per heavy atom. The lowest BCUT2D eigenvalue weighted by molar-refractivity contribution is 0.742. The first-order chi connectivity index (χ1) is 12.2. The minimum Gasteiger partial charge on any atom is -0.278 e. The second-order valence-corrected chi connectivity index (χ2v) is 7.81. The standard InChI is InChI=1S/C20H15Br2N3/c21-16-8-4-6-14(12-16)19-23-24-20(15-7-5-9-17(22)13-15)25(19)18-10-2-1-3-11-18/h1-12,15H,13H2. The van der Waals surface area contributed by atoms with Gasteiger partial charge in [0.05, 0.1) is 0 Å². The lowest BCUT2D eigenvalue weighted by Crippen LogP contribution is -2.09. The van der Waals surface area contributed by atoms with Gasteiger partial charge in [-0.15, -0.1) is 10.2 Å². The van der Waals surface area contributed by atoms with E-state index in [4.69, 9.17) is 0 Å². The average molecular weight is 457 g/mol. The van der Waals surface area contributed by atoms with E-state index in [9.17, 15) is 0 Å². The molecule has 0 saturated heterocycles. The van der Waals surface area contributed by atoms with Crippen LogP contribution in [-0.4, -0.2) is 14.8 Å². The summed E-state index contributed by atoms with van der Waals surface area (Å²) < 4.78 is 4.35. The molecule has 1 aromatic heterocycles. The third-order valence-corrected chi connectivity index (χ3v) is 5.23. The van der Waals surface area contributed by atoms with E-state index in [0.29, 0.717) is 0 Å². The number of allylic oxidation sites excluding steroid dienone is 4. The van der Waals surface area contributed by atoms with Gasteiger partial charge in [-0.25, -0.2) is 0 Å². The van der Waals surface area contributed by atoms with Crippen LogP contribution in [0.2, 0.25) is 0 Å². The van der Waals surface area contributed by atoms with Crippen molar-refractivity contribution in [3.63, 3.8) is 0 Å². The van der Waals surface area contributed by atoms with Crippen molar-refractivity contribution in [1.29, 1.82) is 0 Å². The zero-order chi connectivity index (χ0) is 17.2. The van der Waals surface area contributed by atoms with Gasteiger partial charge in [-0.2, -0.15) is 0 Å². The van der Waals surface area contributed by atoms with Crippen molar-refractivity contribution in [2.75, 3.05) is 0 Å². The molecule has 5 heteroatoms. The predicted molar refractivity (Wildman–Crippen MR) is 108 cm³/mol. The SMILES string of the molecule is BrC1=CC=CC(c2nnc(-c3cccc(Br)c3)n2-c2ccccc2)C1. The molecule has 1 aliphatic rings. The van der Waals surface area contributed by atoms with E-state index in [1.807, 2.05) is 30.3 Å². The first-order valence-corrected chi connectivity index (χ1v) is 9.60. The molecule has 3 nitrogen and oxygen atoms in total. The Morgan fingerprint density at radius 1 is 0.960 bits per heavy atom. The molecule has 1 atom stereocenters. The van der Waals surface area contributed by atoms with Gasteiger partial charge in [-0.05, 0) is 35.2 Å². The first-order valence-electron chi connectivity index (χ1n) is 8.02. The highest BCUT2D eigenvalue weighted by Gasteiger charge is 2.23. The molecular weight excluding hydrogens is 442 g/mol. The minimum absolute atomic E-state index is 0.188. The molecule has 2 aromatic carbocycles. The Kier molecular flexibility index (Phi) is 4.68. The van der Waals surface area contributed by atoms with Gasteiger partial charge in [0.1, 0.15) is 5.82 Å². The molecule has 0 radical (unpaired) electrons. The fourth-order valence-corrected chi connectivity index (χ4v) is 3.90. The topological polar surface area (TPSA) is 30.7 Å². The highest BCUT2D eigenvalue weighted by atomic mass is 79.9. The Bertz CT molecular complexity index is 958. The molecule has 3 aromatic rings. The summed E-state index contributed by atoms with van der Waals surface area (Å²) in [7, 11) is 0. The van der Waals surface area contributed by atoms with Gasteiger partial charge < -0.3 is 0 Å². The number of halogens is 2. The van der Waals surface area contributed by atoms with Crippen molar-refractivity contribution in [1.82, 2.24) is 14.8 Å². The van der Waals surface area contributed by atoms with Gasteiger partial charge in [0.15, 0.2) is 5.82 Å². The molecule has 0 bridgehead atoms. The number of hydrogen-bond donors (Lipinski definition) is 0. The Labute approximate surface area is 163 Å². The van der Waals surface area contributed by atoms with Crippen LogP contribution in [0.3, 0.4) is 0 Å². The van der Waals surface area contributed by atoms with Crippen LogP contribution in [-0.2, 0) is 0 Å². The molecule has 0 fully saturated rings. The zero-order valence-corrected chi connectivity index (χ0v) is 16.5. The van der Waals surface area contributed by atoms with Crippen LogP contribution in [0.1, 0.15) is 18.2 Å². The molecule has 0 spiro atoms. The third kappa shape index (κ3) is 3.39. The van der Waals surface area contributed by atoms with Crippen LogP contribution >= 0.6 is 31.9 Å². The van der Waals surface area contributed by atoms with Crippen molar-refractivity contribution in [2.45, 2.75) is 12.3 Å². The summed E-state index contributed by atoms with van der Waals surface area (Å²) in [6.45, 7) is 0. The quantitative estimate of drug-likeness (QED) is 0.482. The maximum atomic E-state index is 4.56. The molecule has 1 heterocycles. The maximum Gasteiger partial charge on any atom is 0.168 e. The number of para-hydroxylation sites is 1. The van der Waals surface area contributed by atoms with Crippen LogP contribution in [0.25, 0.3) is 17.1 Å². The molecule has 25 heavy (non-hydrogen) atoms. The van der Waals surface area contributed by atoms with Crippen molar-refractivity contribution >= 4 is 31.9 Å². The summed E-state index contributed by atoms with van der Waals surface area (Å²) in [5, 5.41) is 9.08. The van der Waals surface area contributed by atoms with E-state index in [1.54, 1.807) is 0 Å². The number of hydrogen-bond acceptors (Lipinski definition) is 2. The smallest absolute Gasteiger partial charge is 0.168 e. The van der Waals surface area contributed by atoms with Crippen LogP contribution in [0.5, 0.6) is 0 Å². The molecule has 124 valence electrons. The van der Waals surface area contributed by atoms with Crippen molar-refractivity contribution in [2.24, 2.45) is 0 Å². The largest absolute Gasteiger partial charge is 0.278 e. The number of rotatable bonds is 3. The van der Waals surface area contributed by atoms with Crippen LogP contribution < -0.4 is 0 Å². The minimum atomic E-state index is 0.188. The van der Waals surface area contributed by atoms with Crippen molar-refractivity contribution < 1.29 is 0 Å². The molecule has 0 saturated carbocycles. The summed E-state index contributed by atoms with van der Waals surface area (Å²) in [4.78, 5) is 0. The van der Waals surface area contributed by atoms with Crippen molar-refractivity contribution in [3.05, 3.63) is 87.6 Å². The summed E-state index contributed by atoms with van der Waals surface area (Å²) >= 11 is 7.16. The third-order valence-electron chi connectivity index (χ3n) is 4.15. The van der Waals surface area contributed by atoms with Gasteiger partial charge in [0.25, 0.3) is 0 Å². The molecular formula is C20H15Br2N3. The second kappa shape index (κ2) is 7.10. The summed E-state index contributed by atoms with van der Waals surface area (Å²) in [5.41, 5.74) is 2.10. The lowest BCUT2D eigenvalue weighted by Gasteiger charge is -2.17. The predicted octanol–water partition coefficient (Wildman–Crippen LogP) is 6.02. The summed E-state index contributed by atoms with van der Waals surface area (Å²) in [6, 6.07) is 18.4. The lowest BCUT2D eigenvalue weighted by atomic mass is 9.99.